The van der Waals surface area contributed by atoms with E-state index in [0.717, 1.165) is 25.8 Å². The minimum absolute atomic E-state index is 0.585. The molecule has 2 aromatic carbocycles. The van der Waals surface area contributed by atoms with E-state index in [1.165, 1.54) is 33.4 Å². The fourth-order valence-corrected chi connectivity index (χ4v) is 3.54. The minimum atomic E-state index is 0.585. The van der Waals surface area contributed by atoms with Gasteiger partial charge in [-0.2, -0.15) is 0 Å². The Morgan fingerprint density at radius 1 is 0.958 bits per heavy atom. The van der Waals surface area contributed by atoms with Crippen molar-refractivity contribution in [3.8, 4) is 0 Å². The van der Waals surface area contributed by atoms with Gasteiger partial charge in [-0.3, -0.25) is 0 Å². The van der Waals surface area contributed by atoms with Gasteiger partial charge in [-0.25, -0.2) is 0 Å². The summed E-state index contributed by atoms with van der Waals surface area (Å²) in [6.07, 6.45) is 5.80. The molecule has 0 amide bonds. The van der Waals surface area contributed by atoms with Crippen LogP contribution in [-0.2, 0) is 12.8 Å². The van der Waals surface area contributed by atoms with Crippen LogP contribution in [-0.4, -0.2) is 25.5 Å². The molecule has 0 atom stereocenters. The number of hydrogen-bond acceptors (Lipinski definition) is 1. The van der Waals surface area contributed by atoms with E-state index in [1.807, 2.05) is 0 Å². The standard InChI is InChI=1S/C23H29N/c1-17(2)19-13-14-22-20(16-19)12-11-18-8-5-6-9-21(18)23(22)10-7-15-24(3)4/h5-6,8-10,13-14,16-17H,7,11-12,15H2,1-4H3/b23-10+. The van der Waals surface area contributed by atoms with Gasteiger partial charge < -0.3 is 4.90 Å². The third kappa shape index (κ3) is 3.62. The molecule has 0 spiro atoms. The Labute approximate surface area is 147 Å². The number of nitrogens with zero attached hydrogens (tertiary/aromatic N) is 1. The van der Waals surface area contributed by atoms with Crippen molar-refractivity contribution in [2.24, 2.45) is 0 Å². The summed E-state index contributed by atoms with van der Waals surface area (Å²) in [5.74, 6) is 0.585. The van der Waals surface area contributed by atoms with E-state index in [9.17, 15) is 0 Å². The highest BCUT2D eigenvalue weighted by atomic mass is 15.0. The molecular weight excluding hydrogens is 290 g/mol. The molecule has 24 heavy (non-hydrogen) atoms. The lowest BCUT2D eigenvalue weighted by molar-refractivity contribution is 0.417. The van der Waals surface area contributed by atoms with E-state index in [0.29, 0.717) is 5.92 Å². The van der Waals surface area contributed by atoms with Gasteiger partial charge in [-0.15, -0.1) is 0 Å². The van der Waals surface area contributed by atoms with Gasteiger partial charge >= 0.3 is 0 Å². The normalized spacial score (nSPS) is 15.5. The number of benzene rings is 2. The van der Waals surface area contributed by atoms with Crippen LogP contribution in [0.3, 0.4) is 0 Å². The fraction of sp³-hybridized carbons (Fsp3) is 0.391. The van der Waals surface area contributed by atoms with Gasteiger partial charge in [0.15, 0.2) is 0 Å². The van der Waals surface area contributed by atoms with Crippen LogP contribution < -0.4 is 0 Å². The first-order valence-corrected chi connectivity index (χ1v) is 9.12. The lowest BCUT2D eigenvalue weighted by Gasteiger charge is -2.15. The quantitative estimate of drug-likeness (QED) is 0.740. The van der Waals surface area contributed by atoms with Crippen molar-refractivity contribution in [3.63, 3.8) is 0 Å². The molecule has 1 aliphatic carbocycles. The van der Waals surface area contributed by atoms with Crippen LogP contribution >= 0.6 is 0 Å². The van der Waals surface area contributed by atoms with Gasteiger partial charge in [0.25, 0.3) is 0 Å². The maximum Gasteiger partial charge on any atom is 0.00101 e. The summed E-state index contributed by atoms with van der Waals surface area (Å²) >= 11 is 0. The summed E-state index contributed by atoms with van der Waals surface area (Å²) in [6.45, 7) is 5.65. The van der Waals surface area contributed by atoms with Gasteiger partial charge in [0.2, 0.25) is 0 Å². The second-order valence-corrected chi connectivity index (χ2v) is 7.44. The Morgan fingerprint density at radius 3 is 2.42 bits per heavy atom. The molecule has 3 rings (SSSR count). The molecule has 0 aliphatic heterocycles. The molecule has 1 nitrogen and oxygen atoms in total. The highest BCUT2D eigenvalue weighted by Crippen LogP contribution is 2.35. The molecule has 1 aliphatic rings. The third-order valence-electron chi connectivity index (χ3n) is 4.98. The van der Waals surface area contributed by atoms with Crippen LogP contribution in [0.4, 0.5) is 0 Å². The van der Waals surface area contributed by atoms with E-state index < -0.39 is 0 Å². The predicted molar refractivity (Wildman–Crippen MR) is 105 cm³/mol. The van der Waals surface area contributed by atoms with E-state index in [-0.39, 0.29) is 0 Å². The molecule has 0 saturated carbocycles. The van der Waals surface area contributed by atoms with E-state index >= 15 is 0 Å². The molecule has 126 valence electrons. The van der Waals surface area contributed by atoms with Crippen molar-refractivity contribution in [2.75, 3.05) is 20.6 Å². The molecule has 0 heterocycles. The summed E-state index contributed by atoms with van der Waals surface area (Å²) in [6, 6.07) is 16.0. The minimum Gasteiger partial charge on any atom is -0.309 e. The molecule has 1 heteroatoms. The zero-order valence-corrected chi connectivity index (χ0v) is 15.5. The molecule has 0 N–H and O–H groups in total. The number of rotatable bonds is 4. The highest BCUT2D eigenvalue weighted by Gasteiger charge is 2.18. The van der Waals surface area contributed by atoms with E-state index in [2.05, 4.69) is 81.4 Å². The molecule has 0 bridgehead atoms. The van der Waals surface area contributed by atoms with Gasteiger partial charge in [0.1, 0.15) is 0 Å². The van der Waals surface area contributed by atoms with Crippen LogP contribution in [0.15, 0.2) is 48.5 Å². The Hall–Kier alpha value is -1.86. The van der Waals surface area contributed by atoms with Crippen molar-refractivity contribution in [2.45, 2.75) is 39.0 Å². The topological polar surface area (TPSA) is 3.24 Å². The fourth-order valence-electron chi connectivity index (χ4n) is 3.54. The summed E-state index contributed by atoms with van der Waals surface area (Å²) < 4.78 is 0. The summed E-state index contributed by atoms with van der Waals surface area (Å²) in [4.78, 5) is 2.25. The first-order valence-electron chi connectivity index (χ1n) is 9.12. The van der Waals surface area contributed by atoms with Gasteiger partial charge in [0, 0.05) is 6.54 Å². The van der Waals surface area contributed by atoms with Gasteiger partial charge in [-0.05, 0) is 72.7 Å². The SMILES string of the molecule is CC(C)c1ccc2c(c1)CCc1ccccc1/C2=C\CCN(C)C. The van der Waals surface area contributed by atoms with Gasteiger partial charge in [-0.1, -0.05) is 62.4 Å². The van der Waals surface area contributed by atoms with Crippen molar-refractivity contribution >= 4 is 5.57 Å². The Bertz CT molecular complexity index is 737. The second-order valence-electron chi connectivity index (χ2n) is 7.44. The molecule has 0 saturated heterocycles. The Balaban J connectivity index is 2.08. The summed E-state index contributed by atoms with van der Waals surface area (Å²) in [7, 11) is 4.28. The number of hydrogen-bond donors (Lipinski definition) is 0. The monoisotopic (exact) mass is 319 g/mol. The molecular formula is C23H29N. The first kappa shape index (κ1) is 17.0. The Kier molecular flexibility index (Phi) is 5.20. The summed E-state index contributed by atoms with van der Waals surface area (Å²) in [5.41, 5.74) is 8.72. The largest absolute Gasteiger partial charge is 0.309 e. The third-order valence-corrected chi connectivity index (χ3v) is 4.98. The van der Waals surface area contributed by atoms with Crippen LogP contribution in [0.1, 0.15) is 54.0 Å². The lowest BCUT2D eigenvalue weighted by atomic mass is 9.90. The first-order chi connectivity index (χ1) is 11.6. The highest BCUT2D eigenvalue weighted by molar-refractivity contribution is 5.84. The van der Waals surface area contributed by atoms with Crippen LogP contribution in [0.2, 0.25) is 0 Å². The van der Waals surface area contributed by atoms with E-state index in [4.69, 9.17) is 0 Å². The predicted octanol–water partition coefficient (Wildman–Crippen LogP) is 5.29. The maximum atomic E-state index is 2.44. The number of fused-ring (bicyclic) bond motifs is 2. The zero-order chi connectivity index (χ0) is 17.1. The number of aryl methyl sites for hydroxylation is 2. The molecule has 0 fully saturated rings. The van der Waals surface area contributed by atoms with Crippen molar-refractivity contribution < 1.29 is 0 Å². The van der Waals surface area contributed by atoms with Gasteiger partial charge in [0.05, 0.1) is 0 Å². The lowest BCUT2D eigenvalue weighted by Crippen LogP contribution is -2.12. The second kappa shape index (κ2) is 7.36. The smallest absolute Gasteiger partial charge is 0.00101 e. The van der Waals surface area contributed by atoms with Crippen molar-refractivity contribution in [1.29, 1.82) is 0 Å². The maximum absolute atomic E-state index is 2.44. The van der Waals surface area contributed by atoms with Crippen LogP contribution in [0.25, 0.3) is 5.57 Å². The van der Waals surface area contributed by atoms with E-state index in [1.54, 1.807) is 0 Å². The zero-order valence-electron chi connectivity index (χ0n) is 15.5. The molecule has 0 aromatic heterocycles. The summed E-state index contributed by atoms with van der Waals surface area (Å²) in [5, 5.41) is 0. The van der Waals surface area contributed by atoms with Crippen molar-refractivity contribution in [3.05, 3.63) is 76.4 Å². The molecule has 0 radical (unpaired) electrons. The van der Waals surface area contributed by atoms with Crippen molar-refractivity contribution in [1.82, 2.24) is 4.90 Å². The molecule has 2 aromatic rings. The van der Waals surface area contributed by atoms with Crippen LogP contribution in [0, 0.1) is 0 Å². The Morgan fingerprint density at radius 2 is 1.67 bits per heavy atom. The molecule has 0 unspecified atom stereocenters. The average molecular weight is 319 g/mol. The average Bonchev–Trinajstić information content (AvgIpc) is 2.71. The van der Waals surface area contributed by atoms with Crippen LogP contribution in [0.5, 0.6) is 0 Å².